The van der Waals surface area contributed by atoms with Crippen LogP contribution in [0.1, 0.15) is 52.9 Å². The highest BCUT2D eigenvalue weighted by molar-refractivity contribution is 7.99. The fraction of sp³-hybridized carbons (Fsp3) is 0.292. The number of halogens is 1. The van der Waals surface area contributed by atoms with Crippen molar-refractivity contribution in [1.29, 1.82) is 0 Å². The first-order valence-corrected chi connectivity index (χ1v) is 12.3. The normalized spacial score (nSPS) is 11.5. The van der Waals surface area contributed by atoms with E-state index in [1.54, 1.807) is 67.1 Å². The second kappa shape index (κ2) is 12.4. The van der Waals surface area contributed by atoms with Crippen LogP contribution in [0.2, 0.25) is 5.02 Å². The molecule has 9 nitrogen and oxygen atoms in total. The lowest BCUT2D eigenvalue weighted by Gasteiger charge is -2.14. The number of aromatic nitrogens is 3. The number of esters is 1. The van der Waals surface area contributed by atoms with Gasteiger partial charge in [0.15, 0.2) is 11.0 Å². The van der Waals surface area contributed by atoms with Crippen molar-refractivity contribution in [2.45, 2.75) is 31.5 Å². The predicted octanol–water partition coefficient (Wildman–Crippen LogP) is 4.26. The van der Waals surface area contributed by atoms with Gasteiger partial charge in [-0.3, -0.25) is 9.59 Å². The first-order valence-electron chi connectivity index (χ1n) is 10.9. The Hall–Kier alpha value is -3.37. The van der Waals surface area contributed by atoms with Gasteiger partial charge in [0.2, 0.25) is 5.91 Å². The highest BCUT2D eigenvalue weighted by Gasteiger charge is 2.20. The van der Waals surface area contributed by atoms with Crippen LogP contribution in [0.3, 0.4) is 0 Å². The van der Waals surface area contributed by atoms with Crippen molar-refractivity contribution in [3.8, 4) is 0 Å². The Balaban J connectivity index is 1.56. The van der Waals surface area contributed by atoms with Gasteiger partial charge in [-0.25, -0.2) is 4.79 Å². The molecule has 3 rings (SSSR count). The van der Waals surface area contributed by atoms with E-state index in [0.29, 0.717) is 39.4 Å². The summed E-state index contributed by atoms with van der Waals surface area (Å²) in [4.78, 5) is 37.0. The van der Waals surface area contributed by atoms with Gasteiger partial charge in [-0.2, -0.15) is 0 Å². The lowest BCUT2D eigenvalue weighted by atomic mass is 10.2. The fourth-order valence-corrected chi connectivity index (χ4v) is 4.08. The second-order valence-corrected chi connectivity index (χ2v) is 8.98. The number of nitrogens with zero attached hydrogens (tertiary/aromatic N) is 3. The third-order valence-corrected chi connectivity index (χ3v) is 6.22. The summed E-state index contributed by atoms with van der Waals surface area (Å²) in [7, 11) is 1.76. The van der Waals surface area contributed by atoms with E-state index in [1.165, 1.54) is 11.8 Å². The summed E-state index contributed by atoms with van der Waals surface area (Å²) in [5, 5.41) is 14.8. The van der Waals surface area contributed by atoms with Gasteiger partial charge in [-0.05, 0) is 43.7 Å². The maximum absolute atomic E-state index is 12.5. The molecule has 0 spiro atoms. The maximum atomic E-state index is 12.5. The summed E-state index contributed by atoms with van der Waals surface area (Å²) >= 11 is 7.30. The van der Waals surface area contributed by atoms with Crippen molar-refractivity contribution in [1.82, 2.24) is 20.1 Å². The summed E-state index contributed by atoms with van der Waals surface area (Å²) in [6.07, 6.45) is 0.732. The van der Waals surface area contributed by atoms with Gasteiger partial charge in [-0.15, -0.1) is 10.2 Å². The Morgan fingerprint density at radius 1 is 1.14 bits per heavy atom. The number of ether oxygens (including phenoxy) is 1. The molecule has 1 atom stereocenters. The van der Waals surface area contributed by atoms with Crippen molar-refractivity contribution < 1.29 is 19.1 Å². The van der Waals surface area contributed by atoms with Crippen molar-refractivity contribution in [2.75, 3.05) is 17.7 Å². The number of amides is 2. The maximum Gasteiger partial charge on any atom is 0.338 e. The number of nitrogens with one attached hydrogen (secondary N) is 2. The number of carbonyl (C=O) groups is 3. The summed E-state index contributed by atoms with van der Waals surface area (Å²) < 4.78 is 6.85. The molecule has 0 saturated heterocycles. The molecular weight excluding hydrogens is 490 g/mol. The zero-order valence-electron chi connectivity index (χ0n) is 19.6. The van der Waals surface area contributed by atoms with Gasteiger partial charge < -0.3 is 19.9 Å². The smallest absolute Gasteiger partial charge is 0.338 e. The van der Waals surface area contributed by atoms with Crippen LogP contribution in [0.4, 0.5) is 5.69 Å². The molecule has 0 unspecified atom stereocenters. The van der Waals surface area contributed by atoms with Crippen molar-refractivity contribution in [3.63, 3.8) is 0 Å². The fourth-order valence-electron chi connectivity index (χ4n) is 3.14. The number of hydrogen-bond donors (Lipinski definition) is 2. The molecule has 0 fully saturated rings. The summed E-state index contributed by atoms with van der Waals surface area (Å²) in [6.45, 7) is 4.05. The Labute approximate surface area is 212 Å². The van der Waals surface area contributed by atoms with E-state index in [1.807, 2.05) is 6.92 Å². The summed E-state index contributed by atoms with van der Waals surface area (Å²) in [5.74, 6) is -0.401. The van der Waals surface area contributed by atoms with Crippen molar-refractivity contribution in [2.24, 2.45) is 7.05 Å². The van der Waals surface area contributed by atoms with E-state index < -0.39 is 12.0 Å². The SMILES string of the molecule is CCCOC(=O)c1cccc(NC(=O)CSc2nnc([C@H](C)NC(=O)c3ccccc3Cl)n2C)c1. The molecular formula is C24H26ClN5O4S. The van der Waals surface area contributed by atoms with Gasteiger partial charge in [0.1, 0.15) is 0 Å². The van der Waals surface area contributed by atoms with Crippen LogP contribution in [-0.2, 0) is 16.6 Å². The lowest BCUT2D eigenvalue weighted by molar-refractivity contribution is -0.113. The summed E-state index contributed by atoms with van der Waals surface area (Å²) in [5.41, 5.74) is 1.24. The molecule has 2 N–H and O–H groups in total. The highest BCUT2D eigenvalue weighted by atomic mass is 35.5. The van der Waals surface area contributed by atoms with E-state index in [4.69, 9.17) is 16.3 Å². The Bertz CT molecular complexity index is 1220. The molecule has 11 heteroatoms. The van der Waals surface area contributed by atoms with E-state index >= 15 is 0 Å². The van der Waals surface area contributed by atoms with Crippen LogP contribution < -0.4 is 10.6 Å². The highest BCUT2D eigenvalue weighted by Crippen LogP contribution is 2.21. The zero-order chi connectivity index (χ0) is 25.4. The molecule has 1 heterocycles. The number of hydrogen-bond acceptors (Lipinski definition) is 7. The van der Waals surface area contributed by atoms with Gasteiger partial charge >= 0.3 is 5.97 Å². The van der Waals surface area contributed by atoms with Crippen molar-refractivity contribution >= 4 is 46.8 Å². The average molecular weight is 516 g/mol. The quantitative estimate of drug-likeness (QED) is 0.306. The van der Waals surface area contributed by atoms with Crippen LogP contribution in [-0.4, -0.2) is 44.9 Å². The summed E-state index contributed by atoms with van der Waals surface area (Å²) in [6, 6.07) is 12.9. The molecule has 1 aromatic heterocycles. The topological polar surface area (TPSA) is 115 Å². The molecule has 0 aliphatic rings. The molecule has 0 bridgehead atoms. The molecule has 2 amide bonds. The van der Waals surface area contributed by atoms with Crippen LogP contribution in [0.15, 0.2) is 53.7 Å². The van der Waals surface area contributed by atoms with E-state index in [9.17, 15) is 14.4 Å². The molecule has 0 aliphatic carbocycles. The van der Waals surface area contributed by atoms with E-state index in [0.717, 1.165) is 6.42 Å². The molecule has 0 radical (unpaired) electrons. The molecule has 0 aliphatic heterocycles. The van der Waals surface area contributed by atoms with E-state index in [2.05, 4.69) is 20.8 Å². The molecule has 0 saturated carbocycles. The number of thioether (sulfide) groups is 1. The van der Waals surface area contributed by atoms with Gasteiger partial charge in [-0.1, -0.05) is 48.5 Å². The van der Waals surface area contributed by atoms with E-state index in [-0.39, 0.29) is 17.6 Å². The minimum atomic E-state index is -0.436. The lowest BCUT2D eigenvalue weighted by Crippen LogP contribution is -2.28. The third-order valence-electron chi connectivity index (χ3n) is 4.87. The van der Waals surface area contributed by atoms with Gasteiger partial charge in [0.05, 0.1) is 34.6 Å². The number of benzene rings is 2. The molecule has 3 aromatic rings. The standard InChI is InChI=1S/C24H26ClN5O4S/c1-4-12-34-23(33)16-8-7-9-17(13-16)27-20(31)14-35-24-29-28-21(30(24)3)15(2)26-22(32)18-10-5-6-11-19(18)25/h5-11,13,15H,4,12,14H2,1-3H3,(H,26,32)(H,27,31)/t15-/m0/s1. The second-order valence-electron chi connectivity index (χ2n) is 7.63. The predicted molar refractivity (Wildman–Crippen MR) is 135 cm³/mol. The Morgan fingerprint density at radius 3 is 2.66 bits per heavy atom. The van der Waals surface area contributed by atoms with Crippen LogP contribution in [0, 0.1) is 0 Å². The third kappa shape index (κ3) is 7.06. The minimum absolute atomic E-state index is 0.0802. The monoisotopic (exact) mass is 515 g/mol. The Morgan fingerprint density at radius 2 is 1.91 bits per heavy atom. The molecule has 2 aromatic carbocycles. The average Bonchev–Trinajstić information content (AvgIpc) is 3.21. The first kappa shape index (κ1) is 26.2. The Kier molecular flexibility index (Phi) is 9.27. The number of anilines is 1. The molecule has 35 heavy (non-hydrogen) atoms. The van der Waals surface area contributed by atoms with Crippen LogP contribution in [0.5, 0.6) is 0 Å². The van der Waals surface area contributed by atoms with Crippen LogP contribution in [0.25, 0.3) is 0 Å². The molecule has 184 valence electrons. The van der Waals surface area contributed by atoms with Gasteiger partial charge in [0.25, 0.3) is 5.91 Å². The first-order chi connectivity index (χ1) is 16.8. The minimum Gasteiger partial charge on any atom is -0.462 e. The van der Waals surface area contributed by atoms with Gasteiger partial charge in [0, 0.05) is 12.7 Å². The zero-order valence-corrected chi connectivity index (χ0v) is 21.2. The van der Waals surface area contributed by atoms with Crippen molar-refractivity contribution in [3.05, 3.63) is 70.5 Å². The number of rotatable bonds is 10. The number of carbonyl (C=O) groups excluding carboxylic acids is 3. The largest absolute Gasteiger partial charge is 0.462 e. The van der Waals surface area contributed by atoms with Crippen LogP contribution >= 0.6 is 23.4 Å².